The van der Waals surface area contributed by atoms with Gasteiger partial charge in [0.25, 0.3) is 0 Å². The molecule has 0 amide bonds. The van der Waals surface area contributed by atoms with Crippen LogP contribution in [0.25, 0.3) is 22.2 Å². The highest BCUT2D eigenvalue weighted by Gasteiger charge is 2.16. The number of aryl methyl sites for hydroxylation is 2. The molecule has 0 atom stereocenters. The van der Waals surface area contributed by atoms with Crippen LogP contribution in [-0.4, -0.2) is 18.8 Å². The molecule has 0 aliphatic rings. The SMILES string of the molecule is COc1ccc(-c2c(C)c3cc(OC)ccc3n2CCCCCCCCCCC#N)cc1. The van der Waals surface area contributed by atoms with Gasteiger partial charge < -0.3 is 14.0 Å². The maximum Gasteiger partial charge on any atom is 0.119 e. The lowest BCUT2D eigenvalue weighted by Gasteiger charge is -2.13. The first-order chi connectivity index (χ1) is 15.7. The number of aromatic nitrogens is 1. The normalized spacial score (nSPS) is 10.9. The molecule has 0 N–H and O–H groups in total. The Bertz CT molecular complexity index is 1030. The van der Waals surface area contributed by atoms with Gasteiger partial charge in [0, 0.05) is 23.9 Å². The smallest absolute Gasteiger partial charge is 0.119 e. The summed E-state index contributed by atoms with van der Waals surface area (Å²) in [4.78, 5) is 0. The summed E-state index contributed by atoms with van der Waals surface area (Å²) in [5, 5.41) is 9.86. The highest BCUT2D eigenvalue weighted by atomic mass is 16.5. The van der Waals surface area contributed by atoms with E-state index in [9.17, 15) is 0 Å². The van der Waals surface area contributed by atoms with E-state index in [2.05, 4.69) is 47.9 Å². The van der Waals surface area contributed by atoms with Crippen molar-refractivity contribution in [2.75, 3.05) is 14.2 Å². The average Bonchev–Trinajstić information content (AvgIpc) is 3.11. The summed E-state index contributed by atoms with van der Waals surface area (Å²) in [5.41, 5.74) is 5.07. The van der Waals surface area contributed by atoms with Crippen LogP contribution in [0.15, 0.2) is 42.5 Å². The Morgan fingerprint density at radius 3 is 2.00 bits per heavy atom. The fraction of sp³-hybridized carbons (Fsp3) is 0.464. The number of fused-ring (bicyclic) bond motifs is 1. The van der Waals surface area contributed by atoms with Gasteiger partial charge in [0.05, 0.1) is 26.0 Å². The average molecular weight is 433 g/mol. The van der Waals surface area contributed by atoms with Crippen molar-refractivity contribution in [2.45, 2.75) is 71.3 Å². The van der Waals surface area contributed by atoms with Crippen LogP contribution in [0.3, 0.4) is 0 Å². The van der Waals surface area contributed by atoms with Crippen LogP contribution >= 0.6 is 0 Å². The molecule has 0 aliphatic heterocycles. The van der Waals surface area contributed by atoms with E-state index >= 15 is 0 Å². The quantitative estimate of drug-likeness (QED) is 0.260. The first-order valence-corrected chi connectivity index (χ1v) is 11.9. The van der Waals surface area contributed by atoms with Crippen LogP contribution in [0.1, 0.15) is 63.4 Å². The molecule has 4 nitrogen and oxygen atoms in total. The topological polar surface area (TPSA) is 47.2 Å². The molecule has 0 unspecified atom stereocenters. The number of hydrogen-bond donors (Lipinski definition) is 0. The molecule has 0 fully saturated rings. The molecule has 0 spiro atoms. The van der Waals surface area contributed by atoms with Crippen LogP contribution in [0.2, 0.25) is 0 Å². The first kappa shape index (κ1) is 23.7. The van der Waals surface area contributed by atoms with Gasteiger partial charge in [-0.2, -0.15) is 5.26 Å². The molecule has 3 rings (SSSR count). The van der Waals surface area contributed by atoms with Crippen molar-refractivity contribution in [1.82, 2.24) is 4.57 Å². The second-order valence-electron chi connectivity index (χ2n) is 8.47. The lowest BCUT2D eigenvalue weighted by atomic mass is 10.1. The number of benzene rings is 2. The molecule has 170 valence electrons. The van der Waals surface area contributed by atoms with Crippen LogP contribution in [0.5, 0.6) is 11.5 Å². The third-order valence-corrected chi connectivity index (χ3v) is 6.31. The minimum absolute atomic E-state index is 0.701. The van der Waals surface area contributed by atoms with Crippen molar-refractivity contribution < 1.29 is 9.47 Å². The lowest BCUT2D eigenvalue weighted by Crippen LogP contribution is -2.01. The minimum atomic E-state index is 0.701. The number of unbranched alkanes of at least 4 members (excludes halogenated alkanes) is 8. The molecule has 1 aromatic heterocycles. The summed E-state index contributed by atoms with van der Waals surface area (Å²) in [6.07, 6.45) is 10.5. The van der Waals surface area contributed by atoms with E-state index < -0.39 is 0 Å². The highest BCUT2D eigenvalue weighted by Crippen LogP contribution is 2.36. The van der Waals surface area contributed by atoms with Gasteiger partial charge in [-0.3, -0.25) is 0 Å². The zero-order valence-electron chi connectivity index (χ0n) is 19.8. The lowest BCUT2D eigenvalue weighted by molar-refractivity contribution is 0.415. The first-order valence-electron chi connectivity index (χ1n) is 11.9. The minimum Gasteiger partial charge on any atom is -0.497 e. The van der Waals surface area contributed by atoms with Gasteiger partial charge >= 0.3 is 0 Å². The van der Waals surface area contributed by atoms with E-state index in [1.165, 1.54) is 72.7 Å². The third kappa shape index (κ3) is 5.85. The Hall–Kier alpha value is -2.93. The third-order valence-electron chi connectivity index (χ3n) is 6.31. The van der Waals surface area contributed by atoms with Gasteiger partial charge in [-0.05, 0) is 73.4 Å². The Morgan fingerprint density at radius 2 is 1.38 bits per heavy atom. The number of nitriles is 1. The van der Waals surface area contributed by atoms with Crippen molar-refractivity contribution >= 4 is 10.9 Å². The Morgan fingerprint density at radius 1 is 0.781 bits per heavy atom. The van der Waals surface area contributed by atoms with E-state index in [-0.39, 0.29) is 0 Å². The van der Waals surface area contributed by atoms with Crippen LogP contribution in [0.4, 0.5) is 0 Å². The maximum absolute atomic E-state index is 8.61. The van der Waals surface area contributed by atoms with Gasteiger partial charge in [-0.1, -0.05) is 38.5 Å². The van der Waals surface area contributed by atoms with Crippen LogP contribution in [-0.2, 0) is 6.54 Å². The molecule has 0 saturated carbocycles. The fourth-order valence-corrected chi connectivity index (χ4v) is 4.52. The Balaban J connectivity index is 1.70. The summed E-state index contributed by atoms with van der Waals surface area (Å²) in [7, 11) is 3.43. The molecule has 2 aromatic carbocycles. The van der Waals surface area contributed by atoms with Gasteiger partial charge in [0.2, 0.25) is 0 Å². The number of hydrogen-bond acceptors (Lipinski definition) is 3. The predicted octanol–water partition coefficient (Wildman–Crippen LogP) is 7.67. The zero-order valence-corrected chi connectivity index (χ0v) is 19.8. The van der Waals surface area contributed by atoms with E-state index in [4.69, 9.17) is 14.7 Å². The van der Waals surface area contributed by atoms with E-state index in [0.29, 0.717) is 6.42 Å². The van der Waals surface area contributed by atoms with E-state index in [1.54, 1.807) is 14.2 Å². The standard InChI is InChI=1S/C28H36N2O2/c1-22-26-21-25(32-3)17-18-27(26)30(28(22)23-13-15-24(31-2)16-14-23)20-12-10-8-6-4-5-7-9-11-19-29/h13-18,21H,4-12,20H2,1-3H3. The van der Waals surface area contributed by atoms with Crippen molar-refractivity contribution in [2.24, 2.45) is 0 Å². The number of rotatable bonds is 13. The van der Waals surface area contributed by atoms with Crippen molar-refractivity contribution in [3.8, 4) is 28.8 Å². The monoisotopic (exact) mass is 432 g/mol. The summed E-state index contributed by atoms with van der Waals surface area (Å²) in [6.45, 7) is 3.23. The van der Waals surface area contributed by atoms with Gasteiger partial charge in [0.15, 0.2) is 0 Å². The number of ether oxygens (including phenoxy) is 2. The number of methoxy groups -OCH3 is 2. The van der Waals surface area contributed by atoms with Gasteiger partial charge in [-0.25, -0.2) is 0 Å². The molecule has 32 heavy (non-hydrogen) atoms. The fourth-order valence-electron chi connectivity index (χ4n) is 4.52. The highest BCUT2D eigenvalue weighted by molar-refractivity contribution is 5.92. The zero-order chi connectivity index (χ0) is 22.8. The molecule has 4 heteroatoms. The Labute approximate surface area is 192 Å². The molecule has 0 saturated heterocycles. The molecule has 1 heterocycles. The van der Waals surface area contributed by atoms with E-state index in [0.717, 1.165) is 24.5 Å². The molecule has 0 aliphatic carbocycles. The predicted molar refractivity (Wildman–Crippen MR) is 132 cm³/mol. The summed E-state index contributed by atoms with van der Waals surface area (Å²) >= 11 is 0. The van der Waals surface area contributed by atoms with Gasteiger partial charge in [-0.15, -0.1) is 0 Å². The molecule has 3 aromatic rings. The van der Waals surface area contributed by atoms with Crippen LogP contribution < -0.4 is 9.47 Å². The summed E-state index contributed by atoms with van der Waals surface area (Å²) in [5.74, 6) is 1.78. The molecule has 0 bridgehead atoms. The molecule has 0 radical (unpaired) electrons. The molecular formula is C28H36N2O2. The summed E-state index contributed by atoms with van der Waals surface area (Å²) in [6, 6.07) is 17.0. The maximum atomic E-state index is 8.61. The van der Waals surface area contributed by atoms with Crippen molar-refractivity contribution in [3.63, 3.8) is 0 Å². The largest absolute Gasteiger partial charge is 0.497 e. The molecular weight excluding hydrogens is 396 g/mol. The van der Waals surface area contributed by atoms with E-state index in [1.807, 2.05) is 12.1 Å². The second kappa shape index (κ2) is 12.2. The van der Waals surface area contributed by atoms with Crippen LogP contribution in [0, 0.1) is 18.3 Å². The Kier molecular flexibility index (Phi) is 9.04. The van der Waals surface area contributed by atoms with Crippen molar-refractivity contribution in [3.05, 3.63) is 48.0 Å². The van der Waals surface area contributed by atoms with Crippen molar-refractivity contribution in [1.29, 1.82) is 5.26 Å². The second-order valence-corrected chi connectivity index (χ2v) is 8.47. The van der Waals surface area contributed by atoms with Gasteiger partial charge in [0.1, 0.15) is 11.5 Å². The number of nitrogens with zero attached hydrogens (tertiary/aromatic N) is 2. The summed E-state index contributed by atoms with van der Waals surface area (Å²) < 4.78 is 13.3.